The number of anilines is 1. The average Bonchev–Trinajstić information content (AvgIpc) is 2.61. The number of ether oxygens (including phenoxy) is 1. The maximum Gasteiger partial charge on any atom is 0.276 e. The zero-order chi connectivity index (χ0) is 17.1. The van der Waals surface area contributed by atoms with Crippen LogP contribution >= 0.6 is 0 Å². The topological polar surface area (TPSA) is 83.0 Å². The normalized spacial score (nSPS) is 14.6. The number of carbonyl (C=O) groups is 2. The van der Waals surface area contributed by atoms with Crippen molar-refractivity contribution in [2.24, 2.45) is 0 Å². The fourth-order valence-corrected chi connectivity index (χ4v) is 2.67. The molecule has 0 bridgehead atoms. The van der Waals surface area contributed by atoms with Gasteiger partial charge in [0.25, 0.3) is 5.91 Å². The minimum atomic E-state index is -0.457. The Bertz CT molecular complexity index is 778. The van der Waals surface area contributed by atoms with Gasteiger partial charge in [-0.15, -0.1) is 0 Å². The van der Waals surface area contributed by atoms with Crippen molar-refractivity contribution in [2.45, 2.75) is 0 Å². The highest BCUT2D eigenvalue weighted by atomic mass is 16.5. The lowest BCUT2D eigenvalue weighted by Gasteiger charge is -2.34. The number of benzene rings is 1. The van der Waals surface area contributed by atoms with E-state index in [0.29, 0.717) is 24.5 Å². The Morgan fingerprint density at radius 1 is 1.21 bits per heavy atom. The Labute approximate surface area is 139 Å². The molecule has 2 heterocycles. The van der Waals surface area contributed by atoms with E-state index in [0.717, 1.165) is 0 Å². The molecular weight excluding hydrogens is 310 g/mol. The predicted octanol–water partition coefficient (Wildman–Crippen LogP) is 1.28. The van der Waals surface area contributed by atoms with Crippen molar-refractivity contribution in [2.75, 3.05) is 31.6 Å². The minimum absolute atomic E-state index is 0.0453. The van der Waals surface area contributed by atoms with Crippen LogP contribution in [0.4, 0.5) is 5.69 Å². The molecule has 1 fully saturated rings. The van der Waals surface area contributed by atoms with Gasteiger partial charge in [-0.25, -0.2) is 4.98 Å². The zero-order valence-electron chi connectivity index (χ0n) is 13.2. The Kier molecular flexibility index (Phi) is 4.33. The van der Waals surface area contributed by atoms with Crippen LogP contribution < -0.4 is 9.64 Å². The number of para-hydroxylation sites is 2. The lowest BCUT2D eigenvalue weighted by Crippen LogP contribution is -2.52. The van der Waals surface area contributed by atoms with Crippen LogP contribution in [0.3, 0.4) is 0 Å². The van der Waals surface area contributed by atoms with Gasteiger partial charge in [0.1, 0.15) is 18.0 Å². The first-order valence-corrected chi connectivity index (χ1v) is 7.48. The van der Waals surface area contributed by atoms with Gasteiger partial charge in [-0.05, 0) is 24.3 Å². The maximum absolute atomic E-state index is 12.5. The molecular formula is C17H17N3O4. The molecule has 2 aromatic rings. The number of aromatic nitrogens is 1. The Hall–Kier alpha value is -3.09. The average molecular weight is 327 g/mol. The molecule has 1 saturated heterocycles. The highest BCUT2D eigenvalue weighted by Crippen LogP contribution is 2.29. The predicted molar refractivity (Wildman–Crippen MR) is 87.2 cm³/mol. The van der Waals surface area contributed by atoms with Crippen molar-refractivity contribution < 1.29 is 19.4 Å². The molecule has 0 atom stereocenters. The molecule has 124 valence electrons. The van der Waals surface area contributed by atoms with E-state index in [1.165, 1.54) is 23.2 Å². The molecule has 3 rings (SSSR count). The zero-order valence-corrected chi connectivity index (χ0v) is 13.2. The van der Waals surface area contributed by atoms with Gasteiger partial charge in [-0.3, -0.25) is 9.59 Å². The Morgan fingerprint density at radius 3 is 2.71 bits per heavy atom. The van der Waals surface area contributed by atoms with Crippen LogP contribution in [0.1, 0.15) is 10.5 Å². The van der Waals surface area contributed by atoms with Gasteiger partial charge in [-0.2, -0.15) is 0 Å². The first-order chi connectivity index (χ1) is 11.6. The number of carbonyl (C=O) groups excluding carboxylic acids is 2. The third-order valence-electron chi connectivity index (χ3n) is 3.87. The highest BCUT2D eigenvalue weighted by molar-refractivity contribution is 6.02. The van der Waals surface area contributed by atoms with E-state index in [-0.39, 0.29) is 23.9 Å². The summed E-state index contributed by atoms with van der Waals surface area (Å²) in [4.78, 5) is 31.8. The summed E-state index contributed by atoms with van der Waals surface area (Å²) in [5.41, 5.74) is 0.633. The molecule has 0 saturated carbocycles. The van der Waals surface area contributed by atoms with Crippen molar-refractivity contribution >= 4 is 17.5 Å². The second-order valence-corrected chi connectivity index (χ2v) is 5.32. The third-order valence-corrected chi connectivity index (χ3v) is 3.87. The fraction of sp³-hybridized carbons (Fsp3) is 0.235. The molecule has 24 heavy (non-hydrogen) atoms. The lowest BCUT2D eigenvalue weighted by atomic mass is 10.2. The molecule has 1 aromatic heterocycles. The summed E-state index contributed by atoms with van der Waals surface area (Å²) in [6.07, 6.45) is 1.43. The molecule has 1 aliphatic rings. The smallest absolute Gasteiger partial charge is 0.276 e. The van der Waals surface area contributed by atoms with Crippen LogP contribution in [-0.2, 0) is 4.79 Å². The van der Waals surface area contributed by atoms with Crippen LogP contribution in [0, 0.1) is 0 Å². The molecule has 7 heteroatoms. The molecule has 7 nitrogen and oxygen atoms in total. The van der Waals surface area contributed by atoms with Gasteiger partial charge in [0.15, 0.2) is 5.69 Å². The van der Waals surface area contributed by atoms with E-state index in [1.54, 1.807) is 24.1 Å². The van der Waals surface area contributed by atoms with Gasteiger partial charge >= 0.3 is 0 Å². The van der Waals surface area contributed by atoms with Gasteiger partial charge in [0.2, 0.25) is 5.91 Å². The second kappa shape index (κ2) is 6.57. The first-order valence-electron chi connectivity index (χ1n) is 7.48. The van der Waals surface area contributed by atoms with Crippen LogP contribution in [0.5, 0.6) is 11.5 Å². The van der Waals surface area contributed by atoms with Crippen LogP contribution in [0.15, 0.2) is 42.6 Å². The van der Waals surface area contributed by atoms with E-state index < -0.39 is 5.91 Å². The molecule has 0 aliphatic carbocycles. The SMILES string of the molecule is COc1ccccc1N1CCN(C(=O)c2ncccc2O)CC1=O. The molecule has 1 N–H and O–H groups in total. The first kappa shape index (κ1) is 15.8. The number of hydrogen-bond acceptors (Lipinski definition) is 5. The number of nitrogens with zero attached hydrogens (tertiary/aromatic N) is 3. The van der Waals surface area contributed by atoms with Gasteiger partial charge < -0.3 is 19.6 Å². The van der Waals surface area contributed by atoms with E-state index in [1.807, 2.05) is 12.1 Å². The summed E-state index contributed by atoms with van der Waals surface area (Å²) < 4.78 is 5.29. The minimum Gasteiger partial charge on any atom is -0.505 e. The molecule has 1 aromatic carbocycles. The summed E-state index contributed by atoms with van der Waals surface area (Å²) in [6.45, 7) is 0.615. The monoisotopic (exact) mass is 327 g/mol. The van der Waals surface area contributed by atoms with Crippen LogP contribution in [0.2, 0.25) is 0 Å². The second-order valence-electron chi connectivity index (χ2n) is 5.32. The van der Waals surface area contributed by atoms with Gasteiger partial charge in [-0.1, -0.05) is 12.1 Å². The van der Waals surface area contributed by atoms with E-state index in [4.69, 9.17) is 4.74 Å². The highest BCUT2D eigenvalue weighted by Gasteiger charge is 2.31. The van der Waals surface area contributed by atoms with Crippen molar-refractivity contribution in [3.8, 4) is 11.5 Å². The van der Waals surface area contributed by atoms with Crippen LogP contribution in [-0.4, -0.2) is 53.5 Å². The standard InChI is InChI=1S/C17H17N3O4/c1-24-14-7-3-2-5-12(14)20-10-9-19(11-15(20)22)17(23)16-13(21)6-4-8-18-16/h2-8,21H,9-11H2,1H3. The Morgan fingerprint density at radius 2 is 2.00 bits per heavy atom. The van der Waals surface area contributed by atoms with Crippen molar-refractivity contribution in [1.82, 2.24) is 9.88 Å². The Balaban J connectivity index is 1.77. The fourth-order valence-electron chi connectivity index (χ4n) is 2.67. The van der Waals surface area contributed by atoms with Gasteiger partial charge in [0, 0.05) is 19.3 Å². The number of methoxy groups -OCH3 is 1. The number of amides is 2. The summed E-state index contributed by atoms with van der Waals surface area (Å²) in [6, 6.07) is 10.2. The van der Waals surface area contributed by atoms with Gasteiger partial charge in [0.05, 0.1) is 12.8 Å². The lowest BCUT2D eigenvalue weighted by molar-refractivity contribution is -0.120. The number of hydrogen-bond donors (Lipinski definition) is 1. The van der Waals surface area contributed by atoms with E-state index in [9.17, 15) is 14.7 Å². The quantitative estimate of drug-likeness (QED) is 0.918. The van der Waals surface area contributed by atoms with E-state index >= 15 is 0 Å². The summed E-state index contributed by atoms with van der Waals surface area (Å²) in [5.74, 6) is -0.259. The number of aromatic hydroxyl groups is 1. The van der Waals surface area contributed by atoms with E-state index in [2.05, 4.69) is 4.98 Å². The summed E-state index contributed by atoms with van der Waals surface area (Å²) in [7, 11) is 1.55. The third kappa shape index (κ3) is 2.88. The molecule has 0 unspecified atom stereocenters. The largest absolute Gasteiger partial charge is 0.505 e. The number of pyridine rings is 1. The number of piperazine rings is 1. The van der Waals surface area contributed by atoms with Crippen LogP contribution in [0.25, 0.3) is 0 Å². The van der Waals surface area contributed by atoms with Crippen molar-refractivity contribution in [3.63, 3.8) is 0 Å². The van der Waals surface area contributed by atoms with Crippen molar-refractivity contribution in [1.29, 1.82) is 0 Å². The molecule has 0 spiro atoms. The molecule has 1 aliphatic heterocycles. The maximum atomic E-state index is 12.5. The molecule has 0 radical (unpaired) electrons. The van der Waals surface area contributed by atoms with Crippen molar-refractivity contribution in [3.05, 3.63) is 48.3 Å². The summed E-state index contributed by atoms with van der Waals surface area (Å²) in [5, 5.41) is 9.75. The molecule has 2 amide bonds. The number of rotatable bonds is 3. The summed E-state index contributed by atoms with van der Waals surface area (Å²) >= 11 is 0.